The van der Waals surface area contributed by atoms with Crippen molar-refractivity contribution in [3.05, 3.63) is 71.5 Å². The molecule has 138 valence electrons. The lowest BCUT2D eigenvalue weighted by Gasteiger charge is -2.13. The van der Waals surface area contributed by atoms with Crippen LogP contribution in [0.3, 0.4) is 0 Å². The standard InChI is InChI=1S/C21H25N3O.ClH/c1-15(2)20-19(18-11-7-8-12-24(18)23-20)21(25)16(3)13-22-14-17-9-5-4-6-10-17;/h4-12,15-16,22H,13-14H2,1-3H3;1H. The van der Waals surface area contributed by atoms with E-state index in [1.54, 1.807) is 0 Å². The van der Waals surface area contributed by atoms with Crippen molar-refractivity contribution in [1.29, 1.82) is 0 Å². The summed E-state index contributed by atoms with van der Waals surface area (Å²) in [7, 11) is 0. The molecule has 0 radical (unpaired) electrons. The molecule has 0 fully saturated rings. The van der Waals surface area contributed by atoms with E-state index in [9.17, 15) is 4.79 Å². The summed E-state index contributed by atoms with van der Waals surface area (Å²) in [6, 6.07) is 16.1. The second-order valence-corrected chi connectivity index (χ2v) is 6.83. The highest BCUT2D eigenvalue weighted by Gasteiger charge is 2.25. The highest BCUT2D eigenvalue weighted by molar-refractivity contribution is 6.05. The maximum absolute atomic E-state index is 13.1. The minimum atomic E-state index is -0.102. The van der Waals surface area contributed by atoms with Gasteiger partial charge in [-0.2, -0.15) is 5.10 Å². The number of pyridine rings is 1. The highest BCUT2D eigenvalue weighted by atomic mass is 35.5. The summed E-state index contributed by atoms with van der Waals surface area (Å²) in [6.07, 6.45) is 1.90. The number of hydrogen-bond donors (Lipinski definition) is 1. The Labute approximate surface area is 161 Å². The molecule has 1 atom stereocenters. The van der Waals surface area contributed by atoms with Crippen LogP contribution in [0.15, 0.2) is 54.7 Å². The molecule has 2 heterocycles. The summed E-state index contributed by atoms with van der Waals surface area (Å²) in [4.78, 5) is 13.1. The molecule has 0 spiro atoms. The molecule has 1 aromatic carbocycles. The van der Waals surface area contributed by atoms with Crippen molar-refractivity contribution >= 4 is 23.7 Å². The first-order valence-corrected chi connectivity index (χ1v) is 8.84. The Morgan fingerprint density at radius 2 is 1.77 bits per heavy atom. The summed E-state index contributed by atoms with van der Waals surface area (Å²) < 4.78 is 1.81. The van der Waals surface area contributed by atoms with Crippen LogP contribution >= 0.6 is 12.4 Å². The summed E-state index contributed by atoms with van der Waals surface area (Å²) in [5.74, 6) is 0.267. The molecular formula is C21H26ClN3O. The molecule has 4 nitrogen and oxygen atoms in total. The van der Waals surface area contributed by atoms with E-state index < -0.39 is 0 Å². The topological polar surface area (TPSA) is 46.4 Å². The number of nitrogens with zero attached hydrogens (tertiary/aromatic N) is 2. The zero-order chi connectivity index (χ0) is 17.8. The minimum Gasteiger partial charge on any atom is -0.312 e. The number of ketones is 1. The number of fused-ring (bicyclic) bond motifs is 1. The van der Waals surface area contributed by atoms with Crippen LogP contribution < -0.4 is 5.32 Å². The molecule has 0 aliphatic heterocycles. The average Bonchev–Trinajstić information content (AvgIpc) is 3.01. The number of rotatable bonds is 7. The van der Waals surface area contributed by atoms with Crippen molar-refractivity contribution in [2.45, 2.75) is 33.2 Å². The fourth-order valence-electron chi connectivity index (χ4n) is 3.04. The third kappa shape index (κ3) is 4.32. The van der Waals surface area contributed by atoms with Crippen molar-refractivity contribution in [1.82, 2.24) is 14.9 Å². The van der Waals surface area contributed by atoms with Gasteiger partial charge >= 0.3 is 0 Å². The Morgan fingerprint density at radius 3 is 2.46 bits per heavy atom. The molecule has 26 heavy (non-hydrogen) atoms. The van der Waals surface area contributed by atoms with Crippen LogP contribution in [0.2, 0.25) is 0 Å². The molecule has 1 unspecified atom stereocenters. The van der Waals surface area contributed by atoms with Gasteiger partial charge in [-0.3, -0.25) is 4.79 Å². The van der Waals surface area contributed by atoms with Crippen LogP contribution in [-0.2, 0) is 6.54 Å². The van der Waals surface area contributed by atoms with Crippen LogP contribution in [0.25, 0.3) is 5.52 Å². The molecule has 5 heteroatoms. The summed E-state index contributed by atoms with van der Waals surface area (Å²) in [5.41, 5.74) is 3.77. The largest absolute Gasteiger partial charge is 0.312 e. The Morgan fingerprint density at radius 1 is 1.08 bits per heavy atom. The first kappa shape index (κ1) is 20.1. The van der Waals surface area contributed by atoms with E-state index in [4.69, 9.17) is 0 Å². The van der Waals surface area contributed by atoms with E-state index in [0.717, 1.165) is 23.3 Å². The number of Topliss-reactive ketones (excluding diaryl/α,β-unsaturated/α-hetero) is 1. The SMILES string of the molecule is CC(CNCc1ccccc1)C(=O)c1c(C(C)C)nn2ccccc12.Cl. The van der Waals surface area contributed by atoms with Crippen LogP contribution in [-0.4, -0.2) is 21.9 Å². The smallest absolute Gasteiger partial charge is 0.171 e. The third-order valence-electron chi connectivity index (χ3n) is 4.43. The molecule has 1 N–H and O–H groups in total. The predicted molar refractivity (Wildman–Crippen MR) is 108 cm³/mol. The minimum absolute atomic E-state index is 0. The second-order valence-electron chi connectivity index (χ2n) is 6.83. The number of aromatic nitrogens is 2. The van der Waals surface area contributed by atoms with Gasteiger partial charge in [-0.1, -0.05) is 57.2 Å². The Balaban J connectivity index is 0.00000243. The molecule has 0 aliphatic carbocycles. The lowest BCUT2D eigenvalue weighted by molar-refractivity contribution is 0.0929. The Bertz CT molecular complexity index is 858. The van der Waals surface area contributed by atoms with E-state index in [-0.39, 0.29) is 30.0 Å². The number of benzene rings is 1. The van der Waals surface area contributed by atoms with Gasteiger partial charge in [0, 0.05) is 25.2 Å². The molecule has 0 amide bonds. The molecule has 3 aromatic rings. The zero-order valence-electron chi connectivity index (χ0n) is 15.5. The Kier molecular flexibility index (Phi) is 6.95. The highest BCUT2D eigenvalue weighted by Crippen LogP contribution is 2.25. The van der Waals surface area contributed by atoms with Crippen LogP contribution in [0.5, 0.6) is 0 Å². The molecule has 2 aromatic heterocycles. The molecular weight excluding hydrogens is 346 g/mol. The van der Waals surface area contributed by atoms with Gasteiger partial charge in [-0.05, 0) is 23.6 Å². The monoisotopic (exact) mass is 371 g/mol. The number of halogens is 1. The molecule has 0 bridgehead atoms. The molecule has 0 saturated heterocycles. The maximum Gasteiger partial charge on any atom is 0.171 e. The van der Waals surface area contributed by atoms with E-state index in [0.29, 0.717) is 6.54 Å². The van der Waals surface area contributed by atoms with E-state index in [1.165, 1.54) is 5.56 Å². The normalized spacial score (nSPS) is 12.2. The first-order chi connectivity index (χ1) is 12.1. The third-order valence-corrected chi connectivity index (χ3v) is 4.43. The first-order valence-electron chi connectivity index (χ1n) is 8.84. The fourth-order valence-corrected chi connectivity index (χ4v) is 3.04. The quantitative estimate of drug-likeness (QED) is 0.622. The lowest BCUT2D eigenvalue weighted by atomic mass is 9.94. The molecule has 0 saturated carbocycles. The van der Waals surface area contributed by atoms with Crippen molar-refractivity contribution in [2.24, 2.45) is 5.92 Å². The number of nitrogens with one attached hydrogen (secondary N) is 1. The van der Waals surface area contributed by atoms with Gasteiger partial charge in [-0.25, -0.2) is 4.52 Å². The van der Waals surface area contributed by atoms with Crippen molar-refractivity contribution in [3.8, 4) is 0 Å². The number of carbonyl (C=O) groups is 1. The molecule has 0 aliphatic rings. The van der Waals surface area contributed by atoms with Gasteiger partial charge in [0.1, 0.15) is 0 Å². The van der Waals surface area contributed by atoms with Gasteiger partial charge in [0.25, 0.3) is 0 Å². The van der Waals surface area contributed by atoms with Gasteiger partial charge in [0.15, 0.2) is 5.78 Å². The molecule has 3 rings (SSSR count). The number of hydrogen-bond acceptors (Lipinski definition) is 3. The van der Waals surface area contributed by atoms with Gasteiger partial charge < -0.3 is 5.32 Å². The summed E-state index contributed by atoms with van der Waals surface area (Å²) in [5, 5.41) is 8.01. The fraction of sp³-hybridized carbons (Fsp3) is 0.333. The van der Waals surface area contributed by atoms with E-state index in [2.05, 4.69) is 36.4 Å². The average molecular weight is 372 g/mol. The van der Waals surface area contributed by atoms with Crippen molar-refractivity contribution in [3.63, 3.8) is 0 Å². The van der Waals surface area contributed by atoms with Crippen LogP contribution in [0, 0.1) is 5.92 Å². The van der Waals surface area contributed by atoms with Crippen molar-refractivity contribution in [2.75, 3.05) is 6.54 Å². The van der Waals surface area contributed by atoms with Gasteiger partial charge in [0.05, 0.1) is 16.8 Å². The van der Waals surface area contributed by atoms with Crippen molar-refractivity contribution < 1.29 is 4.79 Å². The number of carbonyl (C=O) groups excluding carboxylic acids is 1. The van der Waals surface area contributed by atoms with Crippen LogP contribution in [0.1, 0.15) is 48.3 Å². The zero-order valence-corrected chi connectivity index (χ0v) is 16.3. The summed E-state index contributed by atoms with van der Waals surface area (Å²) >= 11 is 0. The lowest BCUT2D eigenvalue weighted by Crippen LogP contribution is -2.27. The predicted octanol–water partition coefficient (Wildman–Crippen LogP) is 4.49. The van der Waals surface area contributed by atoms with E-state index in [1.807, 2.05) is 54.0 Å². The summed E-state index contributed by atoms with van der Waals surface area (Å²) in [6.45, 7) is 7.56. The Hall–Kier alpha value is -2.17. The second kappa shape index (κ2) is 8.97. The maximum atomic E-state index is 13.1. The van der Waals surface area contributed by atoms with E-state index >= 15 is 0 Å². The van der Waals surface area contributed by atoms with Crippen LogP contribution in [0.4, 0.5) is 0 Å². The van der Waals surface area contributed by atoms with Gasteiger partial charge in [-0.15, -0.1) is 12.4 Å². The van der Waals surface area contributed by atoms with Gasteiger partial charge in [0.2, 0.25) is 0 Å².